The molecule has 10 nitrogen and oxygen atoms in total. The highest BCUT2D eigenvalue weighted by molar-refractivity contribution is 7.89. The Bertz CT molecular complexity index is 1060. The van der Waals surface area contributed by atoms with E-state index in [1.54, 1.807) is 5.48 Å². The zero-order chi connectivity index (χ0) is 26.6. The number of amides is 2. The molecule has 2 saturated heterocycles. The van der Waals surface area contributed by atoms with E-state index >= 15 is 0 Å². The van der Waals surface area contributed by atoms with Crippen LogP contribution in [0.2, 0.25) is 0 Å². The predicted molar refractivity (Wildman–Crippen MR) is 136 cm³/mol. The Balaban J connectivity index is 1.37. The van der Waals surface area contributed by atoms with Crippen LogP contribution in [-0.2, 0) is 19.6 Å². The minimum absolute atomic E-state index is 0.0839. The molecule has 2 amide bonds. The first kappa shape index (κ1) is 27.8. The van der Waals surface area contributed by atoms with Crippen molar-refractivity contribution >= 4 is 22.0 Å². The lowest BCUT2D eigenvalue weighted by molar-refractivity contribution is -0.141. The third kappa shape index (κ3) is 6.27. The van der Waals surface area contributed by atoms with E-state index in [1.165, 1.54) is 20.3 Å². The second kappa shape index (κ2) is 11.7. The van der Waals surface area contributed by atoms with Crippen molar-refractivity contribution in [1.29, 1.82) is 0 Å². The van der Waals surface area contributed by atoms with Crippen molar-refractivity contribution in [2.75, 3.05) is 31.9 Å². The topological polar surface area (TPSA) is 136 Å². The number of hydrogen-bond acceptors (Lipinski definition) is 7. The Hall–Kier alpha value is -2.21. The number of aryl methyl sites for hydroxylation is 1. The van der Waals surface area contributed by atoms with E-state index < -0.39 is 45.4 Å². The van der Waals surface area contributed by atoms with Gasteiger partial charge in [0, 0.05) is 26.2 Å². The molecule has 3 N–H and O–H groups in total. The summed E-state index contributed by atoms with van der Waals surface area (Å²) in [5, 5.41) is 19.5. The molecular weight excluding hydrogens is 498 g/mol. The van der Waals surface area contributed by atoms with Gasteiger partial charge in [0.25, 0.3) is 5.91 Å². The van der Waals surface area contributed by atoms with Crippen molar-refractivity contribution < 1.29 is 33.1 Å². The molecule has 1 aromatic rings. The summed E-state index contributed by atoms with van der Waals surface area (Å²) in [6.45, 7) is 3.07. The summed E-state index contributed by atoms with van der Waals surface area (Å²) in [5.74, 6) is -0.882. The Morgan fingerprint density at radius 1 is 1.05 bits per heavy atom. The summed E-state index contributed by atoms with van der Waals surface area (Å²) in [4.78, 5) is 26.9. The number of carbonyl (C=O) groups excluding carboxylic acids is 2. The highest BCUT2D eigenvalue weighted by Crippen LogP contribution is 2.37. The maximum atomic E-state index is 13.4. The number of nitrogens with zero attached hydrogens (tertiary/aromatic N) is 2. The van der Waals surface area contributed by atoms with Crippen LogP contribution in [0.3, 0.4) is 0 Å². The number of hydrogen-bond donors (Lipinski definition) is 3. The molecule has 206 valence electrons. The van der Waals surface area contributed by atoms with Gasteiger partial charge in [-0.25, -0.2) is 23.0 Å². The molecule has 0 radical (unpaired) electrons. The summed E-state index contributed by atoms with van der Waals surface area (Å²) < 4.78 is 33.8. The average Bonchev–Trinajstić information content (AvgIpc) is 2.90. The molecule has 11 heteroatoms. The number of hydroxylamine groups is 1. The molecule has 2 atom stereocenters. The number of piperidine rings is 2. The van der Waals surface area contributed by atoms with Crippen LogP contribution in [-0.4, -0.2) is 84.1 Å². The standard InChI is InChI=1S/C26H39N3O7S/c1-19-6-2-3-7-21(19)20-10-14-29(15-11-20)37(34,35)18-26(24(31)27-33)12-16-28(17-13-26)25(32)36-23-9-5-4-8-22(23)30/h2-3,6-7,20,22-23,30,33H,4-5,8-18H2,1H3,(H,27,31)/t22-,23+/m1/s1. The van der Waals surface area contributed by atoms with Crippen molar-refractivity contribution in [3.05, 3.63) is 35.4 Å². The zero-order valence-electron chi connectivity index (χ0n) is 21.5. The van der Waals surface area contributed by atoms with Crippen LogP contribution >= 0.6 is 0 Å². The first-order valence-corrected chi connectivity index (χ1v) is 14.9. The second-order valence-electron chi connectivity index (χ2n) is 10.8. The monoisotopic (exact) mass is 537 g/mol. The van der Waals surface area contributed by atoms with E-state index in [0.717, 1.165) is 12.8 Å². The summed E-state index contributed by atoms with van der Waals surface area (Å²) in [6, 6.07) is 8.16. The van der Waals surface area contributed by atoms with Crippen LogP contribution in [0, 0.1) is 12.3 Å². The number of sulfonamides is 1. The minimum atomic E-state index is -3.79. The van der Waals surface area contributed by atoms with Crippen LogP contribution < -0.4 is 5.48 Å². The quantitative estimate of drug-likeness (QED) is 0.375. The van der Waals surface area contributed by atoms with Gasteiger partial charge < -0.3 is 14.7 Å². The summed E-state index contributed by atoms with van der Waals surface area (Å²) in [5.41, 5.74) is 2.76. The summed E-state index contributed by atoms with van der Waals surface area (Å²) in [6.07, 6.45) is 2.77. The molecule has 0 unspecified atom stereocenters. The Morgan fingerprint density at radius 2 is 1.70 bits per heavy atom. The van der Waals surface area contributed by atoms with Crippen LogP contribution in [0.25, 0.3) is 0 Å². The first-order valence-electron chi connectivity index (χ1n) is 13.3. The number of likely N-dealkylation sites (tertiary alicyclic amines) is 1. The first-order chi connectivity index (χ1) is 17.6. The van der Waals surface area contributed by atoms with E-state index in [4.69, 9.17) is 4.74 Å². The SMILES string of the molecule is Cc1ccccc1C1CCN(S(=O)(=O)CC2(C(=O)NO)CCN(C(=O)O[C@H]3CCCC[C@H]3O)CC2)CC1. The van der Waals surface area contributed by atoms with Gasteiger partial charge in [0.2, 0.25) is 10.0 Å². The second-order valence-corrected chi connectivity index (χ2v) is 12.7. The zero-order valence-corrected chi connectivity index (χ0v) is 22.3. The van der Waals surface area contributed by atoms with E-state index in [-0.39, 0.29) is 25.9 Å². The Kier molecular flexibility index (Phi) is 8.77. The lowest BCUT2D eigenvalue weighted by Gasteiger charge is -2.41. The van der Waals surface area contributed by atoms with Crippen LogP contribution in [0.4, 0.5) is 4.79 Å². The Morgan fingerprint density at radius 3 is 2.32 bits per heavy atom. The smallest absolute Gasteiger partial charge is 0.410 e. The minimum Gasteiger partial charge on any atom is -0.443 e. The number of carbonyl (C=O) groups is 2. The maximum Gasteiger partial charge on any atom is 0.410 e. The van der Waals surface area contributed by atoms with Crippen molar-refractivity contribution in [1.82, 2.24) is 14.7 Å². The van der Waals surface area contributed by atoms with E-state index in [9.17, 15) is 28.3 Å². The van der Waals surface area contributed by atoms with Gasteiger partial charge in [-0.2, -0.15) is 0 Å². The van der Waals surface area contributed by atoms with Crippen LogP contribution in [0.1, 0.15) is 68.4 Å². The lowest BCUT2D eigenvalue weighted by Crippen LogP contribution is -2.55. The molecule has 1 saturated carbocycles. The number of nitrogens with one attached hydrogen (secondary N) is 1. The van der Waals surface area contributed by atoms with Crippen LogP contribution in [0.5, 0.6) is 0 Å². The van der Waals surface area contributed by atoms with Gasteiger partial charge in [-0.15, -0.1) is 0 Å². The van der Waals surface area contributed by atoms with Gasteiger partial charge in [-0.3, -0.25) is 10.0 Å². The number of aliphatic hydroxyl groups is 1. The third-order valence-electron chi connectivity index (χ3n) is 8.42. The number of benzene rings is 1. The van der Waals surface area contributed by atoms with E-state index in [0.29, 0.717) is 44.7 Å². The molecule has 3 fully saturated rings. The van der Waals surface area contributed by atoms with Gasteiger partial charge in [0.15, 0.2) is 0 Å². The van der Waals surface area contributed by atoms with Crippen molar-refractivity contribution in [2.45, 2.75) is 76.4 Å². The number of aliphatic hydroxyl groups excluding tert-OH is 1. The molecule has 37 heavy (non-hydrogen) atoms. The fourth-order valence-electron chi connectivity index (χ4n) is 6.02. The largest absolute Gasteiger partial charge is 0.443 e. The molecule has 2 aliphatic heterocycles. The highest BCUT2D eigenvalue weighted by atomic mass is 32.2. The molecule has 1 aliphatic carbocycles. The van der Waals surface area contributed by atoms with Crippen molar-refractivity contribution in [3.8, 4) is 0 Å². The summed E-state index contributed by atoms with van der Waals surface area (Å²) in [7, 11) is -3.79. The van der Waals surface area contributed by atoms with E-state index in [2.05, 4.69) is 19.1 Å². The van der Waals surface area contributed by atoms with Gasteiger partial charge in [-0.05, 0) is 68.9 Å². The molecule has 3 aliphatic rings. The fourth-order valence-corrected chi connectivity index (χ4v) is 8.09. The van der Waals surface area contributed by atoms with Crippen molar-refractivity contribution in [2.24, 2.45) is 5.41 Å². The lowest BCUT2D eigenvalue weighted by atomic mass is 9.79. The molecule has 1 aromatic carbocycles. The van der Waals surface area contributed by atoms with Gasteiger partial charge in [0.1, 0.15) is 6.10 Å². The molecule has 0 bridgehead atoms. The fraction of sp³-hybridized carbons (Fsp3) is 0.692. The van der Waals surface area contributed by atoms with Gasteiger partial charge in [0.05, 0.1) is 17.3 Å². The highest BCUT2D eigenvalue weighted by Gasteiger charge is 2.47. The number of ether oxygens (including phenoxy) is 1. The van der Waals surface area contributed by atoms with Gasteiger partial charge >= 0.3 is 6.09 Å². The molecule has 2 heterocycles. The van der Waals surface area contributed by atoms with E-state index in [1.807, 2.05) is 12.1 Å². The number of rotatable bonds is 6. The molecule has 0 aromatic heterocycles. The normalized spacial score (nSPS) is 25.4. The molecular formula is C26H39N3O7S. The van der Waals surface area contributed by atoms with Gasteiger partial charge in [-0.1, -0.05) is 30.7 Å². The van der Waals surface area contributed by atoms with Crippen molar-refractivity contribution in [3.63, 3.8) is 0 Å². The van der Waals surface area contributed by atoms with Crippen LogP contribution in [0.15, 0.2) is 24.3 Å². The summed E-state index contributed by atoms with van der Waals surface area (Å²) >= 11 is 0. The average molecular weight is 538 g/mol. The maximum absolute atomic E-state index is 13.4. The molecule has 4 rings (SSSR count). The Labute approximate surface area is 219 Å². The predicted octanol–water partition coefficient (Wildman–Crippen LogP) is 2.53. The molecule has 0 spiro atoms. The third-order valence-corrected chi connectivity index (χ3v) is 10.5.